The van der Waals surface area contributed by atoms with Gasteiger partial charge in [-0.05, 0) is 42.3 Å². The second-order valence-electron chi connectivity index (χ2n) is 9.68. The summed E-state index contributed by atoms with van der Waals surface area (Å²) in [5.74, 6) is 1.13. The monoisotopic (exact) mass is 557 g/mol. The quantitative estimate of drug-likeness (QED) is 0.409. The summed E-state index contributed by atoms with van der Waals surface area (Å²) in [7, 11) is 0. The topological polar surface area (TPSA) is 68.6 Å². The summed E-state index contributed by atoms with van der Waals surface area (Å²) in [6, 6.07) is 25.1. The number of amides is 2. The molecule has 3 aliphatic rings. The van der Waals surface area contributed by atoms with Crippen LogP contribution in [0.25, 0.3) is 0 Å². The van der Waals surface area contributed by atoms with Gasteiger partial charge in [0.2, 0.25) is 5.91 Å². The van der Waals surface area contributed by atoms with Gasteiger partial charge in [-0.2, -0.15) is 0 Å². The third-order valence-corrected chi connectivity index (χ3v) is 8.60. The van der Waals surface area contributed by atoms with Crippen LogP contribution in [0.15, 0.2) is 88.8 Å². The minimum absolute atomic E-state index is 0.0722. The number of amidine groups is 2. The van der Waals surface area contributed by atoms with Gasteiger partial charge in [-0.3, -0.25) is 14.6 Å². The molecule has 198 valence electrons. The maximum absolute atomic E-state index is 13.6. The zero-order valence-corrected chi connectivity index (χ0v) is 22.9. The van der Waals surface area contributed by atoms with Crippen LogP contribution in [0.4, 0.5) is 11.4 Å². The van der Waals surface area contributed by atoms with Crippen molar-refractivity contribution >= 4 is 57.6 Å². The van der Waals surface area contributed by atoms with Crippen LogP contribution in [0.2, 0.25) is 5.02 Å². The van der Waals surface area contributed by atoms with Crippen LogP contribution in [0.5, 0.6) is 0 Å². The van der Waals surface area contributed by atoms with Crippen molar-refractivity contribution in [2.45, 2.75) is 24.6 Å². The van der Waals surface area contributed by atoms with E-state index in [9.17, 15) is 9.59 Å². The third-order valence-electron chi connectivity index (χ3n) is 7.25. The predicted molar refractivity (Wildman–Crippen MR) is 158 cm³/mol. The van der Waals surface area contributed by atoms with E-state index < -0.39 is 6.04 Å². The van der Waals surface area contributed by atoms with Gasteiger partial charge in [-0.1, -0.05) is 71.9 Å². The number of thioether (sulfide) groups is 1. The lowest BCUT2D eigenvalue weighted by atomic mass is 10.1. The van der Waals surface area contributed by atoms with Crippen molar-refractivity contribution in [1.82, 2.24) is 9.80 Å². The number of anilines is 1. The SMILES string of the molecule is O=C(CCC1N=C2c3ccccc3N=C(SCc3ccccc3Cl)N2C1=O)N1CCN(c2ccccc2)CC1. The van der Waals surface area contributed by atoms with Crippen LogP contribution in [0.1, 0.15) is 24.0 Å². The fraction of sp³-hybridized carbons (Fsp3) is 0.267. The summed E-state index contributed by atoms with van der Waals surface area (Å²) in [5.41, 5.74) is 3.78. The first-order valence-electron chi connectivity index (χ1n) is 13.1. The third kappa shape index (κ3) is 5.31. The highest BCUT2D eigenvalue weighted by molar-refractivity contribution is 8.13. The van der Waals surface area contributed by atoms with E-state index in [1.165, 1.54) is 17.4 Å². The Labute approximate surface area is 237 Å². The summed E-state index contributed by atoms with van der Waals surface area (Å²) in [6.45, 7) is 2.95. The summed E-state index contributed by atoms with van der Waals surface area (Å²) >= 11 is 7.83. The van der Waals surface area contributed by atoms with Gasteiger partial charge in [-0.15, -0.1) is 0 Å². The second kappa shape index (κ2) is 11.2. The van der Waals surface area contributed by atoms with Crippen molar-refractivity contribution < 1.29 is 9.59 Å². The minimum Gasteiger partial charge on any atom is -0.368 e. The van der Waals surface area contributed by atoms with E-state index in [0.29, 0.717) is 41.3 Å². The lowest BCUT2D eigenvalue weighted by Crippen LogP contribution is -2.49. The number of hydrogen-bond donors (Lipinski definition) is 0. The van der Waals surface area contributed by atoms with Crippen molar-refractivity contribution in [2.75, 3.05) is 31.1 Å². The number of aliphatic imine (C=N–C) groups is 2. The molecule has 0 aliphatic carbocycles. The van der Waals surface area contributed by atoms with Crippen LogP contribution in [-0.2, 0) is 15.3 Å². The maximum atomic E-state index is 13.6. The Morgan fingerprint density at radius 3 is 2.44 bits per heavy atom. The molecule has 7 nitrogen and oxygen atoms in total. The Morgan fingerprint density at radius 1 is 0.923 bits per heavy atom. The van der Waals surface area contributed by atoms with E-state index in [1.807, 2.05) is 71.6 Å². The van der Waals surface area contributed by atoms with Crippen LogP contribution in [0.3, 0.4) is 0 Å². The van der Waals surface area contributed by atoms with E-state index >= 15 is 0 Å². The van der Waals surface area contributed by atoms with Gasteiger partial charge in [0.25, 0.3) is 5.91 Å². The summed E-state index contributed by atoms with van der Waals surface area (Å²) in [5, 5.41) is 1.27. The molecular formula is C30H28ClN5O2S. The molecule has 39 heavy (non-hydrogen) atoms. The van der Waals surface area contributed by atoms with Gasteiger partial charge < -0.3 is 9.80 Å². The first-order valence-corrected chi connectivity index (χ1v) is 14.5. The maximum Gasteiger partial charge on any atom is 0.259 e. The smallest absolute Gasteiger partial charge is 0.259 e. The highest BCUT2D eigenvalue weighted by Crippen LogP contribution is 2.35. The Morgan fingerprint density at radius 2 is 1.64 bits per heavy atom. The summed E-state index contributed by atoms with van der Waals surface area (Å²) < 4.78 is 0. The zero-order chi connectivity index (χ0) is 26.8. The van der Waals surface area contributed by atoms with Gasteiger partial charge in [0.1, 0.15) is 11.9 Å². The van der Waals surface area contributed by atoms with Crippen molar-refractivity contribution in [3.63, 3.8) is 0 Å². The number of rotatable bonds is 6. The molecule has 0 saturated carbocycles. The van der Waals surface area contributed by atoms with E-state index in [2.05, 4.69) is 17.0 Å². The number of para-hydroxylation sites is 2. The molecule has 0 N–H and O–H groups in total. The molecule has 0 aromatic heterocycles. The molecule has 3 aromatic carbocycles. The number of fused-ring (bicyclic) bond motifs is 3. The van der Waals surface area contributed by atoms with E-state index in [1.54, 1.807) is 4.90 Å². The van der Waals surface area contributed by atoms with Gasteiger partial charge >= 0.3 is 0 Å². The number of benzene rings is 3. The minimum atomic E-state index is -0.605. The van der Waals surface area contributed by atoms with Crippen LogP contribution in [-0.4, -0.2) is 64.8 Å². The number of piperazine rings is 1. The fourth-order valence-corrected chi connectivity index (χ4v) is 6.40. The molecule has 9 heteroatoms. The van der Waals surface area contributed by atoms with E-state index in [0.717, 1.165) is 29.9 Å². The molecule has 0 radical (unpaired) electrons. The largest absolute Gasteiger partial charge is 0.368 e. The molecule has 3 aromatic rings. The van der Waals surface area contributed by atoms with Crippen molar-refractivity contribution in [3.8, 4) is 0 Å². The molecule has 6 rings (SSSR count). The number of carbonyl (C=O) groups excluding carboxylic acids is 2. The van der Waals surface area contributed by atoms with Gasteiger partial charge in [0.05, 0.1) is 5.69 Å². The standard InChI is InChI=1S/C30H28ClN5O2S/c31-24-12-6-4-8-21(24)20-39-30-33-25-13-7-5-11-23(25)28-32-26(29(38)36(28)30)14-15-27(37)35-18-16-34(17-19-35)22-9-2-1-3-10-22/h1-13,26H,14-20H2. The average Bonchev–Trinajstić information content (AvgIpc) is 3.32. The van der Waals surface area contributed by atoms with Crippen LogP contribution < -0.4 is 4.90 Å². The van der Waals surface area contributed by atoms with E-state index in [4.69, 9.17) is 21.6 Å². The van der Waals surface area contributed by atoms with Crippen molar-refractivity contribution in [1.29, 1.82) is 0 Å². The second-order valence-corrected chi connectivity index (χ2v) is 11.0. The molecule has 3 heterocycles. The molecule has 1 unspecified atom stereocenters. The Kier molecular flexibility index (Phi) is 7.39. The lowest BCUT2D eigenvalue weighted by molar-refractivity contribution is -0.131. The van der Waals surface area contributed by atoms with Crippen molar-refractivity contribution in [3.05, 3.63) is 95.0 Å². The lowest BCUT2D eigenvalue weighted by Gasteiger charge is -2.36. The Bertz CT molecular complexity index is 1450. The zero-order valence-electron chi connectivity index (χ0n) is 21.4. The molecule has 1 saturated heterocycles. The van der Waals surface area contributed by atoms with Gasteiger partial charge in [0.15, 0.2) is 5.17 Å². The fourth-order valence-electron chi connectivity index (χ4n) is 5.12. The normalized spacial score (nSPS) is 18.4. The molecule has 2 amide bonds. The molecular weight excluding hydrogens is 530 g/mol. The number of hydrogen-bond acceptors (Lipinski definition) is 6. The Hall–Kier alpha value is -3.62. The van der Waals surface area contributed by atoms with Crippen LogP contribution in [0, 0.1) is 0 Å². The molecule has 1 fully saturated rings. The average molecular weight is 558 g/mol. The first kappa shape index (κ1) is 25.6. The van der Waals surface area contributed by atoms with E-state index in [-0.39, 0.29) is 18.2 Å². The van der Waals surface area contributed by atoms with Gasteiger partial charge in [-0.25, -0.2) is 9.89 Å². The highest BCUT2D eigenvalue weighted by Gasteiger charge is 2.41. The number of carbonyl (C=O) groups is 2. The summed E-state index contributed by atoms with van der Waals surface area (Å²) in [4.78, 5) is 42.1. The number of nitrogens with zero attached hydrogens (tertiary/aromatic N) is 5. The molecule has 3 aliphatic heterocycles. The first-order chi connectivity index (χ1) is 19.1. The molecule has 1 atom stereocenters. The molecule has 0 bridgehead atoms. The molecule has 0 spiro atoms. The predicted octanol–water partition coefficient (Wildman–Crippen LogP) is 5.36. The van der Waals surface area contributed by atoms with Crippen LogP contribution >= 0.6 is 23.4 Å². The Balaban J connectivity index is 1.12. The summed E-state index contributed by atoms with van der Waals surface area (Å²) in [6.07, 6.45) is 0.661. The number of halogens is 1. The van der Waals surface area contributed by atoms with Crippen molar-refractivity contribution in [2.24, 2.45) is 9.98 Å². The van der Waals surface area contributed by atoms with Gasteiger partial charge in [0, 0.05) is 54.6 Å². The highest BCUT2D eigenvalue weighted by atomic mass is 35.5.